The van der Waals surface area contributed by atoms with Gasteiger partial charge in [-0.1, -0.05) is 60.5 Å². The number of nitrogens with zero attached hydrogens (tertiary/aromatic N) is 1. The Hall–Kier alpha value is -2.40. The molecule has 3 aliphatic rings. The van der Waals surface area contributed by atoms with Crippen molar-refractivity contribution in [3.63, 3.8) is 0 Å². The van der Waals surface area contributed by atoms with E-state index in [0.717, 1.165) is 24.7 Å². The predicted molar refractivity (Wildman–Crippen MR) is 154 cm³/mol. The Morgan fingerprint density at radius 1 is 1.10 bits per heavy atom. The number of primary amides is 1. The molecule has 10 nitrogen and oxygen atoms in total. The molecule has 3 N–H and O–H groups in total. The topological polar surface area (TPSA) is 161 Å². The van der Waals surface area contributed by atoms with E-state index in [4.69, 9.17) is 5.73 Å². The normalized spacial score (nSPS) is 25.0. The highest BCUT2D eigenvalue weighted by Crippen LogP contribution is 2.65. The van der Waals surface area contributed by atoms with Crippen molar-refractivity contribution in [2.45, 2.75) is 92.0 Å². The van der Waals surface area contributed by atoms with Crippen LogP contribution in [-0.2, 0) is 34.0 Å². The molecule has 2 unspecified atom stereocenters. The Morgan fingerprint density at radius 2 is 1.73 bits per heavy atom. The summed E-state index contributed by atoms with van der Waals surface area (Å²) < 4.78 is 26.2. The molecule has 2 aliphatic carbocycles. The average molecular weight is 594 g/mol. The van der Waals surface area contributed by atoms with Gasteiger partial charge in [0.25, 0.3) is 5.91 Å². The minimum atomic E-state index is -3.71. The van der Waals surface area contributed by atoms with Gasteiger partial charge < -0.3 is 10.6 Å². The van der Waals surface area contributed by atoms with Gasteiger partial charge in [0.2, 0.25) is 21.7 Å². The van der Waals surface area contributed by atoms with Gasteiger partial charge in [-0.05, 0) is 41.4 Å². The number of nitrogens with one attached hydrogen (secondary N) is 1. The number of hydrogen-bond donors (Lipinski definition) is 2. The Morgan fingerprint density at radius 3 is 2.24 bits per heavy atom. The first-order valence-corrected chi connectivity index (χ1v) is 16.2. The number of ketones is 3. The molecular formula is C30H47N3O7S. The molecule has 0 radical (unpaired) electrons. The Bertz CT molecular complexity index is 1180. The van der Waals surface area contributed by atoms with Crippen molar-refractivity contribution in [3.05, 3.63) is 12.0 Å². The van der Waals surface area contributed by atoms with Crippen LogP contribution in [0.2, 0.25) is 0 Å². The summed E-state index contributed by atoms with van der Waals surface area (Å²) in [7, 11) is -3.71. The highest BCUT2D eigenvalue weighted by atomic mass is 32.2. The Kier molecular flexibility index (Phi) is 10.1. The van der Waals surface area contributed by atoms with E-state index in [2.05, 4.69) is 25.1 Å². The van der Waals surface area contributed by atoms with Crippen LogP contribution in [0, 0.1) is 40.4 Å². The van der Waals surface area contributed by atoms with Crippen LogP contribution in [0.4, 0.5) is 0 Å². The lowest BCUT2D eigenvalue weighted by Crippen LogP contribution is -2.49. The molecule has 3 rings (SSSR count). The summed E-state index contributed by atoms with van der Waals surface area (Å²) in [5.41, 5.74) is 4.88. The molecule has 1 heterocycles. The zero-order valence-electron chi connectivity index (χ0n) is 25.1. The summed E-state index contributed by atoms with van der Waals surface area (Å²) in [4.78, 5) is 66.8. The third-order valence-corrected chi connectivity index (χ3v) is 10.3. The first-order valence-electron chi connectivity index (χ1n) is 14.7. The van der Waals surface area contributed by atoms with Crippen LogP contribution >= 0.6 is 0 Å². The second-order valence-corrected chi connectivity index (χ2v) is 15.8. The van der Waals surface area contributed by atoms with Crippen molar-refractivity contribution in [1.82, 2.24) is 9.62 Å². The minimum absolute atomic E-state index is 0.0606. The molecule has 3 fully saturated rings. The Balaban J connectivity index is 1.83. The number of likely N-dealkylation sites (tertiary alicyclic amines) is 1. The zero-order valence-corrected chi connectivity index (χ0v) is 25.9. The summed E-state index contributed by atoms with van der Waals surface area (Å²) in [6, 6.07) is -0.767. The number of piperidine rings is 1. The molecule has 1 aliphatic heterocycles. The number of nitrogens with two attached hydrogens (primary N) is 1. The van der Waals surface area contributed by atoms with Crippen LogP contribution in [0.3, 0.4) is 0 Å². The SMILES string of the molecule is C=CS(=O)(=O)NCC[C@H](CC(=O)CC(C)(C)C)C(=O)N1CC2[C@@H]([C@H]1C(=O)CC(CC1CCC1)C(=O)C(N)=O)C2(C)C. The minimum Gasteiger partial charge on any atom is -0.363 e. The molecule has 230 valence electrons. The molecule has 0 bridgehead atoms. The number of sulfonamides is 1. The maximum absolute atomic E-state index is 14.0. The van der Waals surface area contributed by atoms with Gasteiger partial charge in [0.05, 0.1) is 6.04 Å². The first-order chi connectivity index (χ1) is 18.9. The van der Waals surface area contributed by atoms with Crippen LogP contribution in [0.15, 0.2) is 12.0 Å². The van der Waals surface area contributed by atoms with E-state index < -0.39 is 39.6 Å². The summed E-state index contributed by atoms with van der Waals surface area (Å²) in [5, 5.41) is 0.784. The van der Waals surface area contributed by atoms with E-state index in [0.29, 0.717) is 13.0 Å². The van der Waals surface area contributed by atoms with Crippen LogP contribution in [0.25, 0.3) is 0 Å². The van der Waals surface area contributed by atoms with Gasteiger partial charge >= 0.3 is 0 Å². The van der Waals surface area contributed by atoms with Gasteiger partial charge in [-0.3, -0.25) is 24.0 Å². The highest BCUT2D eigenvalue weighted by Gasteiger charge is 2.69. The summed E-state index contributed by atoms with van der Waals surface area (Å²) >= 11 is 0. The van der Waals surface area contributed by atoms with E-state index in [1.807, 2.05) is 20.8 Å². The fourth-order valence-electron chi connectivity index (χ4n) is 6.78. The monoisotopic (exact) mass is 593 g/mol. The van der Waals surface area contributed by atoms with Crippen LogP contribution in [0.1, 0.15) is 86.0 Å². The van der Waals surface area contributed by atoms with Gasteiger partial charge in [-0.2, -0.15) is 0 Å². The number of fused-ring (bicyclic) bond motifs is 1. The van der Waals surface area contributed by atoms with E-state index >= 15 is 0 Å². The van der Waals surface area contributed by atoms with Crippen molar-refractivity contribution >= 4 is 39.2 Å². The van der Waals surface area contributed by atoms with Crippen LogP contribution < -0.4 is 10.5 Å². The maximum Gasteiger partial charge on any atom is 0.285 e. The molecule has 2 saturated carbocycles. The third-order valence-electron chi connectivity index (χ3n) is 9.29. The molecule has 5 atom stereocenters. The molecular weight excluding hydrogens is 546 g/mol. The fraction of sp³-hybridized carbons (Fsp3) is 0.767. The van der Waals surface area contributed by atoms with Gasteiger partial charge in [-0.25, -0.2) is 13.1 Å². The van der Waals surface area contributed by atoms with E-state index in [1.165, 1.54) is 0 Å². The van der Waals surface area contributed by atoms with Crippen molar-refractivity contribution < 1.29 is 32.4 Å². The van der Waals surface area contributed by atoms with Gasteiger partial charge in [0.1, 0.15) is 5.78 Å². The summed E-state index contributed by atoms with van der Waals surface area (Å²) in [5.74, 6) is -3.85. The summed E-state index contributed by atoms with van der Waals surface area (Å²) in [6.45, 7) is 13.5. The molecule has 2 amide bonds. The molecule has 11 heteroatoms. The van der Waals surface area contributed by atoms with E-state index in [1.54, 1.807) is 4.90 Å². The fourth-order valence-corrected chi connectivity index (χ4v) is 7.30. The first kappa shape index (κ1) is 33.1. The van der Waals surface area contributed by atoms with Gasteiger partial charge in [0.15, 0.2) is 5.78 Å². The predicted octanol–water partition coefficient (Wildman–Crippen LogP) is 2.75. The number of Topliss-reactive ketones (excluding diaryl/α,β-unsaturated/α-hetero) is 3. The molecule has 1 saturated heterocycles. The van der Waals surface area contributed by atoms with Crippen molar-refractivity contribution in [3.8, 4) is 0 Å². The number of hydrogen-bond acceptors (Lipinski definition) is 7. The van der Waals surface area contributed by atoms with E-state index in [9.17, 15) is 32.4 Å². The second kappa shape index (κ2) is 12.5. The van der Waals surface area contributed by atoms with Crippen molar-refractivity contribution in [1.29, 1.82) is 0 Å². The van der Waals surface area contributed by atoms with Gasteiger partial charge in [-0.15, -0.1) is 0 Å². The third kappa shape index (κ3) is 8.12. The second-order valence-electron chi connectivity index (χ2n) is 14.1. The lowest BCUT2D eigenvalue weighted by molar-refractivity contribution is -0.145. The molecule has 0 spiro atoms. The maximum atomic E-state index is 14.0. The zero-order chi connectivity index (χ0) is 30.9. The van der Waals surface area contributed by atoms with Crippen molar-refractivity contribution in [2.75, 3.05) is 13.1 Å². The average Bonchev–Trinajstić information content (AvgIpc) is 3.14. The molecule has 0 aromatic rings. The number of rotatable bonds is 16. The Labute approximate surface area is 244 Å². The number of carbonyl (C=O) groups excluding carboxylic acids is 5. The largest absolute Gasteiger partial charge is 0.363 e. The smallest absolute Gasteiger partial charge is 0.285 e. The van der Waals surface area contributed by atoms with Gasteiger partial charge in [0, 0.05) is 49.6 Å². The van der Waals surface area contributed by atoms with E-state index in [-0.39, 0.29) is 78.3 Å². The van der Waals surface area contributed by atoms with Crippen molar-refractivity contribution in [2.24, 2.45) is 46.2 Å². The quantitative estimate of drug-likeness (QED) is 0.260. The lowest BCUT2D eigenvalue weighted by atomic mass is 9.76. The number of carbonyl (C=O) groups is 5. The van der Waals surface area contributed by atoms with Crippen LogP contribution in [0.5, 0.6) is 0 Å². The van der Waals surface area contributed by atoms with Crippen LogP contribution in [-0.4, -0.2) is 61.6 Å². The molecule has 0 aromatic heterocycles. The highest BCUT2D eigenvalue weighted by molar-refractivity contribution is 7.92. The lowest BCUT2D eigenvalue weighted by Gasteiger charge is -2.34. The molecule has 0 aromatic carbocycles. The standard InChI is InChI=1S/C30H47N3O7S/c1-7-41(39,40)32-12-11-19(14-21(34)16-29(2,3)4)28(38)33-17-22-24(30(22,5)6)25(33)23(35)15-20(26(36)27(31)37)13-18-9-8-10-18/h7,18-20,22,24-25,32H,1,8-17H2,2-6H3,(H2,31,37)/t19-,20?,22?,24+,25-/m1/s1. The molecule has 41 heavy (non-hydrogen) atoms. The summed E-state index contributed by atoms with van der Waals surface area (Å²) in [6.07, 6.45) is 3.50. The number of amides is 2.